The van der Waals surface area contributed by atoms with Crippen LogP contribution in [0.5, 0.6) is 0 Å². The van der Waals surface area contributed by atoms with Crippen LogP contribution in [0.1, 0.15) is 90.9 Å². The van der Waals surface area contributed by atoms with Gasteiger partial charge in [0.2, 0.25) is 0 Å². The Morgan fingerprint density at radius 2 is 1.45 bits per heavy atom. The standard InChI is InChI=1S/C33H52O7/c1-3-5-7-11-19-25-32(37)39-28-31(27-34)40-33(38)26-20-14-18-24-30(36)23-17-13-10-8-9-12-16-22-29(35)21-15-6-4-2/h6,9-10,12-13,15-18,22-24,29-31,34-36H,3-5,7-8,11,14,19-21,25-28H2,1-2H3/b12-9-,13-10-,15-6-,22-16+,23-17+,24-18-/t29-,30-,31-/m0/s1. The van der Waals surface area contributed by atoms with E-state index in [1.165, 1.54) is 0 Å². The monoisotopic (exact) mass is 560 g/mol. The highest BCUT2D eigenvalue weighted by atomic mass is 16.6. The molecule has 40 heavy (non-hydrogen) atoms. The molecule has 0 rings (SSSR count). The fourth-order valence-electron chi connectivity index (χ4n) is 3.41. The highest BCUT2D eigenvalue weighted by Gasteiger charge is 2.15. The molecule has 0 saturated carbocycles. The van der Waals surface area contributed by atoms with E-state index in [0.717, 1.165) is 44.9 Å². The molecule has 3 atom stereocenters. The van der Waals surface area contributed by atoms with Gasteiger partial charge in [0, 0.05) is 12.8 Å². The summed E-state index contributed by atoms with van der Waals surface area (Å²) in [4.78, 5) is 23.8. The molecule has 3 N–H and O–H groups in total. The lowest BCUT2D eigenvalue weighted by Gasteiger charge is -2.15. The molecule has 0 bridgehead atoms. The maximum absolute atomic E-state index is 12.0. The molecule has 0 aliphatic rings. The lowest BCUT2D eigenvalue weighted by Crippen LogP contribution is -2.28. The molecule has 0 spiro atoms. The van der Waals surface area contributed by atoms with Gasteiger partial charge in [0.1, 0.15) is 6.61 Å². The fourth-order valence-corrected chi connectivity index (χ4v) is 3.41. The van der Waals surface area contributed by atoms with Crippen LogP contribution in [0.15, 0.2) is 72.9 Å². The van der Waals surface area contributed by atoms with E-state index in [2.05, 4.69) is 13.8 Å². The number of hydrogen-bond acceptors (Lipinski definition) is 7. The van der Waals surface area contributed by atoms with Crippen molar-refractivity contribution in [2.75, 3.05) is 13.2 Å². The second kappa shape index (κ2) is 27.8. The number of aliphatic hydroxyl groups excluding tert-OH is 3. The molecule has 0 saturated heterocycles. The first kappa shape index (κ1) is 37.3. The van der Waals surface area contributed by atoms with Crippen LogP contribution >= 0.6 is 0 Å². The summed E-state index contributed by atoms with van der Waals surface area (Å²) in [6.07, 6.45) is 29.2. The molecule has 0 aromatic carbocycles. The van der Waals surface area contributed by atoms with Crippen molar-refractivity contribution >= 4 is 11.9 Å². The summed E-state index contributed by atoms with van der Waals surface area (Å²) in [6.45, 7) is 3.65. The van der Waals surface area contributed by atoms with Crippen molar-refractivity contribution in [2.45, 2.75) is 109 Å². The summed E-state index contributed by atoms with van der Waals surface area (Å²) >= 11 is 0. The highest BCUT2D eigenvalue weighted by Crippen LogP contribution is 2.07. The lowest BCUT2D eigenvalue weighted by molar-refractivity contribution is -0.161. The smallest absolute Gasteiger partial charge is 0.306 e. The molecule has 0 amide bonds. The highest BCUT2D eigenvalue weighted by molar-refractivity contribution is 5.70. The van der Waals surface area contributed by atoms with E-state index < -0.39 is 30.9 Å². The Balaban J connectivity index is 4.01. The summed E-state index contributed by atoms with van der Waals surface area (Å²) in [6, 6.07) is 0. The first-order chi connectivity index (χ1) is 19.4. The molecule has 0 aliphatic heterocycles. The number of ether oxygens (including phenoxy) is 2. The fraction of sp³-hybridized carbons (Fsp3) is 0.576. The minimum atomic E-state index is -0.857. The first-order valence-electron chi connectivity index (χ1n) is 14.7. The zero-order chi connectivity index (χ0) is 29.7. The second-order valence-corrected chi connectivity index (χ2v) is 9.50. The average molecular weight is 561 g/mol. The SMILES string of the molecule is CC/C=C\C[C@H](O)/C=C/C=C\C/C=C\C=C\[C@H](O)/C=C\CCCC(=O)O[C@@H](CO)COC(=O)CCCCCCC. The van der Waals surface area contributed by atoms with Crippen LogP contribution in [0.4, 0.5) is 0 Å². The minimum absolute atomic E-state index is 0.141. The van der Waals surface area contributed by atoms with Crippen molar-refractivity contribution in [1.82, 2.24) is 0 Å². The third kappa shape index (κ3) is 25.5. The van der Waals surface area contributed by atoms with E-state index in [4.69, 9.17) is 9.47 Å². The number of allylic oxidation sites excluding steroid dienone is 8. The van der Waals surface area contributed by atoms with E-state index in [0.29, 0.717) is 25.7 Å². The van der Waals surface area contributed by atoms with E-state index in [-0.39, 0.29) is 19.0 Å². The predicted octanol–water partition coefficient (Wildman–Crippen LogP) is 6.21. The Hall–Kier alpha value is -2.74. The first-order valence-corrected chi connectivity index (χ1v) is 14.7. The average Bonchev–Trinajstić information content (AvgIpc) is 2.94. The van der Waals surface area contributed by atoms with Gasteiger partial charge < -0.3 is 24.8 Å². The molecule has 0 aromatic rings. The molecule has 7 nitrogen and oxygen atoms in total. The van der Waals surface area contributed by atoms with Crippen molar-refractivity contribution in [3.05, 3.63) is 72.9 Å². The Kier molecular flexibility index (Phi) is 25.9. The third-order valence-electron chi connectivity index (χ3n) is 5.69. The maximum Gasteiger partial charge on any atom is 0.306 e. The number of carbonyl (C=O) groups is 2. The number of aliphatic hydroxyl groups is 3. The summed E-state index contributed by atoms with van der Waals surface area (Å²) in [5, 5.41) is 29.1. The van der Waals surface area contributed by atoms with Gasteiger partial charge in [-0.25, -0.2) is 0 Å². The Morgan fingerprint density at radius 1 is 0.750 bits per heavy atom. The number of carbonyl (C=O) groups excluding carboxylic acids is 2. The van der Waals surface area contributed by atoms with E-state index in [1.807, 2.05) is 42.5 Å². The van der Waals surface area contributed by atoms with Gasteiger partial charge in [0.25, 0.3) is 0 Å². The normalized spacial score (nSPS) is 14.8. The van der Waals surface area contributed by atoms with Crippen LogP contribution < -0.4 is 0 Å². The Morgan fingerprint density at radius 3 is 2.15 bits per heavy atom. The van der Waals surface area contributed by atoms with Crippen LogP contribution in [-0.2, 0) is 19.1 Å². The van der Waals surface area contributed by atoms with Crippen molar-refractivity contribution < 1.29 is 34.4 Å². The molecule has 0 heterocycles. The molecule has 0 fully saturated rings. The van der Waals surface area contributed by atoms with E-state index >= 15 is 0 Å². The summed E-state index contributed by atoms with van der Waals surface area (Å²) in [5.41, 5.74) is 0. The zero-order valence-corrected chi connectivity index (χ0v) is 24.5. The molecule has 0 aliphatic carbocycles. The lowest BCUT2D eigenvalue weighted by atomic mass is 10.1. The summed E-state index contributed by atoms with van der Waals surface area (Å²) in [7, 11) is 0. The Bertz CT molecular complexity index is 808. The minimum Gasteiger partial charge on any atom is -0.462 e. The molecule has 0 radical (unpaired) electrons. The van der Waals surface area contributed by atoms with Gasteiger partial charge in [-0.05, 0) is 38.5 Å². The van der Waals surface area contributed by atoms with Crippen LogP contribution in [0, 0.1) is 0 Å². The zero-order valence-electron chi connectivity index (χ0n) is 24.5. The van der Waals surface area contributed by atoms with Gasteiger partial charge in [-0.15, -0.1) is 0 Å². The third-order valence-corrected chi connectivity index (χ3v) is 5.69. The van der Waals surface area contributed by atoms with Crippen molar-refractivity contribution in [3.63, 3.8) is 0 Å². The number of unbranched alkanes of at least 4 members (excludes halogenated alkanes) is 5. The number of hydrogen-bond donors (Lipinski definition) is 3. The van der Waals surface area contributed by atoms with Crippen LogP contribution in [0.2, 0.25) is 0 Å². The number of rotatable bonds is 24. The van der Waals surface area contributed by atoms with E-state index in [1.54, 1.807) is 30.4 Å². The quantitative estimate of drug-likeness (QED) is 0.0556. The van der Waals surface area contributed by atoms with Crippen LogP contribution in [0.3, 0.4) is 0 Å². The van der Waals surface area contributed by atoms with Gasteiger partial charge in [0.05, 0.1) is 18.8 Å². The summed E-state index contributed by atoms with van der Waals surface area (Å²) in [5.74, 6) is -0.800. The van der Waals surface area contributed by atoms with Gasteiger partial charge in [-0.1, -0.05) is 112 Å². The van der Waals surface area contributed by atoms with Crippen LogP contribution in [0.25, 0.3) is 0 Å². The molecule has 226 valence electrons. The van der Waals surface area contributed by atoms with Gasteiger partial charge in [-0.2, -0.15) is 0 Å². The maximum atomic E-state index is 12.0. The molecule has 0 aromatic heterocycles. The second-order valence-electron chi connectivity index (χ2n) is 9.50. The van der Waals surface area contributed by atoms with Crippen molar-refractivity contribution in [3.8, 4) is 0 Å². The molecular weight excluding hydrogens is 508 g/mol. The largest absolute Gasteiger partial charge is 0.462 e. The predicted molar refractivity (Wildman–Crippen MR) is 162 cm³/mol. The van der Waals surface area contributed by atoms with E-state index in [9.17, 15) is 24.9 Å². The topological polar surface area (TPSA) is 113 Å². The van der Waals surface area contributed by atoms with Gasteiger partial charge >= 0.3 is 11.9 Å². The molecular formula is C33H52O7. The number of esters is 2. The van der Waals surface area contributed by atoms with Crippen LogP contribution in [-0.4, -0.2) is 58.8 Å². The van der Waals surface area contributed by atoms with Gasteiger partial charge in [-0.3, -0.25) is 9.59 Å². The van der Waals surface area contributed by atoms with Gasteiger partial charge in [0.15, 0.2) is 6.10 Å². The van der Waals surface area contributed by atoms with Crippen molar-refractivity contribution in [1.29, 1.82) is 0 Å². The summed E-state index contributed by atoms with van der Waals surface area (Å²) < 4.78 is 10.3. The molecule has 0 unspecified atom stereocenters. The van der Waals surface area contributed by atoms with Crippen molar-refractivity contribution in [2.24, 2.45) is 0 Å². The molecule has 7 heteroatoms. The Labute approximate surface area is 241 Å².